The first kappa shape index (κ1) is 20.7. The molecule has 0 aromatic heterocycles. The van der Waals surface area contributed by atoms with E-state index >= 15 is 0 Å². The number of methoxy groups -OCH3 is 1. The summed E-state index contributed by atoms with van der Waals surface area (Å²) in [5.74, 6) is 0.986. The fraction of sp³-hybridized carbons (Fsp3) is 0.391. The van der Waals surface area contributed by atoms with Gasteiger partial charge in [0.1, 0.15) is 5.75 Å². The van der Waals surface area contributed by atoms with E-state index in [-0.39, 0.29) is 18.4 Å². The summed E-state index contributed by atoms with van der Waals surface area (Å²) in [5, 5.41) is 2.74. The maximum absolute atomic E-state index is 12.5. The number of carbonyl (C=O) groups excluding carboxylic acids is 2. The van der Waals surface area contributed by atoms with E-state index in [4.69, 9.17) is 4.74 Å². The second-order valence-electron chi connectivity index (χ2n) is 7.53. The van der Waals surface area contributed by atoms with Crippen LogP contribution in [0.15, 0.2) is 48.5 Å². The molecule has 3 rings (SSSR count). The first-order valence-electron chi connectivity index (χ1n) is 10.0. The average Bonchev–Trinajstić information content (AvgIpc) is 2.77. The maximum Gasteiger partial charge on any atom is 0.251 e. The Morgan fingerprint density at radius 2 is 1.59 bits per heavy atom. The van der Waals surface area contributed by atoms with Gasteiger partial charge in [-0.15, -0.1) is 0 Å². The zero-order valence-electron chi connectivity index (χ0n) is 17.4. The molecule has 1 fully saturated rings. The summed E-state index contributed by atoms with van der Waals surface area (Å²) in [6.07, 6.45) is 0. The van der Waals surface area contributed by atoms with Crippen LogP contribution in [0.3, 0.4) is 0 Å². The lowest BCUT2D eigenvalue weighted by Gasteiger charge is -2.36. The zero-order valence-corrected chi connectivity index (χ0v) is 17.4. The molecule has 1 aliphatic rings. The molecule has 2 aromatic rings. The van der Waals surface area contributed by atoms with Crippen molar-refractivity contribution in [3.05, 3.63) is 59.7 Å². The van der Waals surface area contributed by atoms with Crippen molar-refractivity contribution in [1.29, 1.82) is 0 Å². The fourth-order valence-corrected chi connectivity index (χ4v) is 3.40. The topological polar surface area (TPSA) is 61.9 Å². The fourth-order valence-electron chi connectivity index (χ4n) is 3.40. The van der Waals surface area contributed by atoms with Crippen molar-refractivity contribution in [2.24, 2.45) is 0 Å². The second-order valence-corrected chi connectivity index (χ2v) is 7.53. The number of ether oxygens (including phenoxy) is 1. The summed E-state index contributed by atoms with van der Waals surface area (Å²) >= 11 is 0. The summed E-state index contributed by atoms with van der Waals surface area (Å²) in [4.78, 5) is 28.8. The van der Waals surface area contributed by atoms with Crippen LogP contribution in [0.25, 0.3) is 0 Å². The lowest BCUT2D eigenvalue weighted by atomic mass is 10.0. The van der Waals surface area contributed by atoms with E-state index in [1.54, 1.807) is 7.11 Å². The maximum atomic E-state index is 12.5. The van der Waals surface area contributed by atoms with Crippen molar-refractivity contribution >= 4 is 17.5 Å². The molecule has 2 amide bonds. The molecular formula is C23H29N3O3. The lowest BCUT2D eigenvalue weighted by molar-refractivity contribution is -0.130. The number of amides is 2. The molecule has 0 saturated carbocycles. The van der Waals surface area contributed by atoms with Crippen LogP contribution >= 0.6 is 0 Å². The number of hydrogen-bond donors (Lipinski definition) is 1. The molecule has 1 N–H and O–H groups in total. The molecule has 29 heavy (non-hydrogen) atoms. The Bertz CT molecular complexity index is 823. The minimum absolute atomic E-state index is 0.0211. The van der Waals surface area contributed by atoms with Crippen LogP contribution in [-0.4, -0.2) is 56.5 Å². The Labute approximate surface area is 172 Å². The van der Waals surface area contributed by atoms with E-state index in [1.165, 1.54) is 5.56 Å². The molecule has 0 unspecified atom stereocenters. The van der Waals surface area contributed by atoms with Crippen LogP contribution in [0.2, 0.25) is 0 Å². The summed E-state index contributed by atoms with van der Waals surface area (Å²) in [6.45, 7) is 7.07. The van der Waals surface area contributed by atoms with Crippen molar-refractivity contribution in [3.8, 4) is 5.75 Å². The van der Waals surface area contributed by atoms with Crippen molar-refractivity contribution in [1.82, 2.24) is 10.2 Å². The minimum Gasteiger partial charge on any atom is -0.497 e. The Morgan fingerprint density at radius 3 is 2.14 bits per heavy atom. The van der Waals surface area contributed by atoms with Crippen LogP contribution in [0.4, 0.5) is 5.69 Å². The Hall–Kier alpha value is -3.02. The first-order chi connectivity index (χ1) is 14.0. The third-order valence-corrected chi connectivity index (χ3v) is 5.31. The number of carbonyl (C=O) groups is 2. The standard InChI is InChI=1S/C23H29N3O3/c1-17(2)18-4-6-19(7-5-18)23(28)24-16-22(27)26-14-12-25(13-15-26)20-8-10-21(29-3)11-9-20/h4-11,17H,12-16H2,1-3H3,(H,24,28). The van der Waals surface area contributed by atoms with Gasteiger partial charge in [0, 0.05) is 37.4 Å². The Balaban J connectivity index is 1.46. The number of anilines is 1. The summed E-state index contributed by atoms with van der Waals surface area (Å²) in [5.41, 5.74) is 2.88. The summed E-state index contributed by atoms with van der Waals surface area (Å²) in [6, 6.07) is 15.5. The molecule has 154 valence electrons. The molecule has 1 heterocycles. The highest BCUT2D eigenvalue weighted by Crippen LogP contribution is 2.20. The zero-order chi connectivity index (χ0) is 20.8. The van der Waals surface area contributed by atoms with Gasteiger partial charge in [-0.1, -0.05) is 26.0 Å². The van der Waals surface area contributed by atoms with Gasteiger partial charge in [-0.3, -0.25) is 9.59 Å². The molecule has 1 aliphatic heterocycles. The van der Waals surface area contributed by atoms with Gasteiger partial charge in [-0.25, -0.2) is 0 Å². The van der Waals surface area contributed by atoms with Gasteiger partial charge >= 0.3 is 0 Å². The van der Waals surface area contributed by atoms with Crippen LogP contribution in [0, 0.1) is 0 Å². The third kappa shape index (κ3) is 5.28. The molecule has 1 saturated heterocycles. The monoisotopic (exact) mass is 395 g/mol. The highest BCUT2D eigenvalue weighted by molar-refractivity contribution is 5.96. The quantitative estimate of drug-likeness (QED) is 0.817. The SMILES string of the molecule is COc1ccc(N2CCN(C(=O)CNC(=O)c3ccc(C(C)C)cc3)CC2)cc1. The number of hydrogen-bond acceptors (Lipinski definition) is 4. The van der Waals surface area contributed by atoms with E-state index in [1.807, 2.05) is 53.4 Å². The molecule has 0 aliphatic carbocycles. The van der Waals surface area contributed by atoms with Gasteiger partial charge in [-0.05, 0) is 47.9 Å². The lowest BCUT2D eigenvalue weighted by Crippen LogP contribution is -2.51. The van der Waals surface area contributed by atoms with Gasteiger partial charge in [0.05, 0.1) is 13.7 Å². The number of benzene rings is 2. The molecule has 6 heteroatoms. The van der Waals surface area contributed by atoms with Gasteiger partial charge in [0.15, 0.2) is 0 Å². The molecule has 2 aromatic carbocycles. The molecule has 0 radical (unpaired) electrons. The molecule has 6 nitrogen and oxygen atoms in total. The van der Waals surface area contributed by atoms with Crippen LogP contribution < -0.4 is 15.0 Å². The predicted molar refractivity (Wildman–Crippen MR) is 115 cm³/mol. The van der Waals surface area contributed by atoms with Gasteiger partial charge < -0.3 is 19.9 Å². The van der Waals surface area contributed by atoms with Crippen molar-refractivity contribution in [2.75, 3.05) is 44.7 Å². The largest absolute Gasteiger partial charge is 0.497 e. The molecule has 0 spiro atoms. The highest BCUT2D eigenvalue weighted by atomic mass is 16.5. The van der Waals surface area contributed by atoms with Gasteiger partial charge in [0.2, 0.25) is 5.91 Å². The van der Waals surface area contributed by atoms with Crippen molar-refractivity contribution in [3.63, 3.8) is 0 Å². The highest BCUT2D eigenvalue weighted by Gasteiger charge is 2.21. The van der Waals surface area contributed by atoms with E-state index in [0.717, 1.165) is 24.5 Å². The van der Waals surface area contributed by atoms with Crippen molar-refractivity contribution in [2.45, 2.75) is 19.8 Å². The number of rotatable bonds is 6. The molecular weight excluding hydrogens is 366 g/mol. The summed E-state index contributed by atoms with van der Waals surface area (Å²) in [7, 11) is 1.65. The summed E-state index contributed by atoms with van der Waals surface area (Å²) < 4.78 is 5.19. The smallest absolute Gasteiger partial charge is 0.251 e. The number of nitrogens with one attached hydrogen (secondary N) is 1. The predicted octanol–water partition coefficient (Wildman–Crippen LogP) is 2.90. The van der Waals surface area contributed by atoms with E-state index in [9.17, 15) is 9.59 Å². The van der Waals surface area contributed by atoms with Crippen molar-refractivity contribution < 1.29 is 14.3 Å². The number of piperazine rings is 1. The van der Waals surface area contributed by atoms with Gasteiger partial charge in [0.25, 0.3) is 5.91 Å². The molecule has 0 atom stereocenters. The first-order valence-corrected chi connectivity index (χ1v) is 10.0. The Morgan fingerprint density at radius 1 is 0.966 bits per heavy atom. The van der Waals surface area contributed by atoms with Gasteiger partial charge in [-0.2, -0.15) is 0 Å². The minimum atomic E-state index is -0.217. The Kier molecular flexibility index (Phi) is 6.75. The van der Waals surface area contributed by atoms with Crippen LogP contribution in [0.1, 0.15) is 35.7 Å². The van der Waals surface area contributed by atoms with E-state index < -0.39 is 0 Å². The van der Waals surface area contributed by atoms with E-state index in [2.05, 4.69) is 24.1 Å². The number of nitrogens with zero attached hydrogens (tertiary/aromatic N) is 2. The third-order valence-electron chi connectivity index (χ3n) is 5.31. The normalized spacial score (nSPS) is 14.1. The van der Waals surface area contributed by atoms with E-state index in [0.29, 0.717) is 24.6 Å². The van der Waals surface area contributed by atoms with Crippen LogP contribution in [0.5, 0.6) is 5.75 Å². The average molecular weight is 396 g/mol. The van der Waals surface area contributed by atoms with Crippen LogP contribution in [-0.2, 0) is 4.79 Å². The molecule has 0 bridgehead atoms. The second kappa shape index (κ2) is 9.45.